The van der Waals surface area contributed by atoms with Crippen molar-refractivity contribution in [3.8, 4) is 0 Å². The van der Waals surface area contributed by atoms with E-state index in [1.807, 2.05) is 12.4 Å². The highest BCUT2D eigenvalue weighted by Gasteiger charge is 2.17. The number of rotatable bonds is 2. The summed E-state index contributed by atoms with van der Waals surface area (Å²) in [7, 11) is 0. The van der Waals surface area contributed by atoms with Crippen LogP contribution in [0.15, 0.2) is 24.8 Å². The number of halogens is 1. The molecule has 0 saturated carbocycles. The van der Waals surface area contributed by atoms with Crippen LogP contribution in [-0.4, -0.2) is 26.1 Å². The molecule has 1 aliphatic heterocycles. The van der Waals surface area contributed by atoms with Crippen LogP contribution in [0.25, 0.3) is 0 Å². The van der Waals surface area contributed by atoms with E-state index in [4.69, 9.17) is 11.6 Å². The van der Waals surface area contributed by atoms with Gasteiger partial charge in [0.05, 0.1) is 30.5 Å². The number of imidazole rings is 1. The summed E-state index contributed by atoms with van der Waals surface area (Å²) in [6, 6.07) is 0. The lowest BCUT2D eigenvalue weighted by molar-refractivity contribution is 0.555. The van der Waals surface area contributed by atoms with Gasteiger partial charge in [-0.15, -0.1) is 11.6 Å². The molecule has 0 atom stereocenters. The molecule has 3 heterocycles. The Morgan fingerprint density at radius 3 is 2.88 bits per heavy atom. The summed E-state index contributed by atoms with van der Waals surface area (Å²) in [4.78, 5) is 15.1. The van der Waals surface area contributed by atoms with Crippen LogP contribution in [0.5, 0.6) is 0 Å². The van der Waals surface area contributed by atoms with Crippen LogP contribution in [0, 0.1) is 0 Å². The molecule has 0 unspecified atom stereocenters. The fourth-order valence-corrected chi connectivity index (χ4v) is 2.09. The molecule has 0 spiro atoms. The summed E-state index contributed by atoms with van der Waals surface area (Å²) in [6.45, 7) is 2.65. The molecule has 0 fully saturated rings. The number of anilines is 1. The standard InChI is InChI=1S/C11H12ClN5/c12-5-9-6-15-10(7-14-9)17-4-3-16-2-1-13-11(16)8-17/h1-2,6-7H,3-5,8H2. The second-order valence-corrected chi connectivity index (χ2v) is 4.23. The SMILES string of the molecule is ClCc1cnc(N2CCn3ccnc3C2)cn1. The molecule has 0 saturated heterocycles. The Labute approximate surface area is 104 Å². The summed E-state index contributed by atoms with van der Waals surface area (Å²) in [5.74, 6) is 2.35. The molecular formula is C11H12ClN5. The van der Waals surface area contributed by atoms with Crippen LogP contribution < -0.4 is 4.90 Å². The zero-order valence-corrected chi connectivity index (χ0v) is 10.0. The number of nitrogens with zero attached hydrogens (tertiary/aromatic N) is 5. The molecule has 0 amide bonds. The first-order valence-electron chi connectivity index (χ1n) is 5.48. The van der Waals surface area contributed by atoms with Crippen molar-refractivity contribution in [1.29, 1.82) is 0 Å². The molecule has 0 N–H and O–H groups in total. The van der Waals surface area contributed by atoms with Crippen LogP contribution in [-0.2, 0) is 19.0 Å². The highest BCUT2D eigenvalue weighted by atomic mass is 35.5. The van der Waals surface area contributed by atoms with Gasteiger partial charge >= 0.3 is 0 Å². The Morgan fingerprint density at radius 2 is 2.12 bits per heavy atom. The molecule has 0 aromatic carbocycles. The van der Waals surface area contributed by atoms with Crippen molar-refractivity contribution in [2.45, 2.75) is 19.0 Å². The quantitative estimate of drug-likeness (QED) is 0.756. The van der Waals surface area contributed by atoms with Crippen molar-refractivity contribution < 1.29 is 0 Å². The minimum Gasteiger partial charge on any atom is -0.346 e. The third-order valence-electron chi connectivity index (χ3n) is 2.90. The lowest BCUT2D eigenvalue weighted by atomic mass is 10.3. The Balaban J connectivity index is 1.81. The largest absolute Gasteiger partial charge is 0.346 e. The molecule has 0 aliphatic carbocycles. The molecule has 88 valence electrons. The summed E-state index contributed by atoms with van der Waals surface area (Å²) in [6.07, 6.45) is 7.34. The Hall–Kier alpha value is -1.62. The van der Waals surface area contributed by atoms with E-state index in [9.17, 15) is 0 Å². The van der Waals surface area contributed by atoms with E-state index in [2.05, 4.69) is 24.4 Å². The predicted molar refractivity (Wildman–Crippen MR) is 64.9 cm³/mol. The van der Waals surface area contributed by atoms with Gasteiger partial charge in [0.1, 0.15) is 11.6 Å². The summed E-state index contributed by atoms with van der Waals surface area (Å²) < 4.78 is 2.16. The Bertz CT molecular complexity index is 507. The Morgan fingerprint density at radius 1 is 1.18 bits per heavy atom. The molecule has 17 heavy (non-hydrogen) atoms. The third-order valence-corrected chi connectivity index (χ3v) is 3.17. The highest BCUT2D eigenvalue weighted by Crippen LogP contribution is 2.17. The monoisotopic (exact) mass is 249 g/mol. The first-order chi connectivity index (χ1) is 8.36. The average Bonchev–Trinajstić information content (AvgIpc) is 2.86. The van der Waals surface area contributed by atoms with Gasteiger partial charge in [0.25, 0.3) is 0 Å². The lowest BCUT2D eigenvalue weighted by Gasteiger charge is -2.28. The van der Waals surface area contributed by atoms with E-state index in [-0.39, 0.29) is 0 Å². The van der Waals surface area contributed by atoms with Crippen molar-refractivity contribution in [3.05, 3.63) is 36.3 Å². The van der Waals surface area contributed by atoms with Gasteiger partial charge in [0, 0.05) is 25.5 Å². The molecule has 1 aliphatic rings. The average molecular weight is 250 g/mol. The van der Waals surface area contributed by atoms with Crippen molar-refractivity contribution in [2.24, 2.45) is 0 Å². The maximum atomic E-state index is 5.69. The van der Waals surface area contributed by atoms with Gasteiger partial charge in [0.15, 0.2) is 0 Å². The van der Waals surface area contributed by atoms with E-state index in [1.54, 1.807) is 12.4 Å². The van der Waals surface area contributed by atoms with Gasteiger partial charge in [-0.1, -0.05) is 0 Å². The topological polar surface area (TPSA) is 46.8 Å². The van der Waals surface area contributed by atoms with Gasteiger partial charge < -0.3 is 9.47 Å². The van der Waals surface area contributed by atoms with Crippen LogP contribution >= 0.6 is 11.6 Å². The zero-order valence-electron chi connectivity index (χ0n) is 9.25. The number of hydrogen-bond acceptors (Lipinski definition) is 4. The van der Waals surface area contributed by atoms with E-state index in [0.717, 1.165) is 37.0 Å². The molecule has 0 radical (unpaired) electrons. The van der Waals surface area contributed by atoms with E-state index >= 15 is 0 Å². The molecule has 5 nitrogen and oxygen atoms in total. The third kappa shape index (κ3) is 1.98. The first kappa shape index (κ1) is 10.5. The minimum atomic E-state index is 0.400. The van der Waals surface area contributed by atoms with E-state index in [1.165, 1.54) is 0 Å². The minimum absolute atomic E-state index is 0.400. The Kier molecular flexibility index (Phi) is 2.68. The number of fused-ring (bicyclic) bond motifs is 1. The van der Waals surface area contributed by atoms with Crippen molar-refractivity contribution in [2.75, 3.05) is 11.4 Å². The molecule has 0 bridgehead atoms. The summed E-state index contributed by atoms with van der Waals surface area (Å²) in [5, 5.41) is 0. The van der Waals surface area contributed by atoms with Crippen molar-refractivity contribution in [1.82, 2.24) is 19.5 Å². The summed E-state index contributed by atoms with van der Waals surface area (Å²) in [5.41, 5.74) is 0.800. The van der Waals surface area contributed by atoms with Crippen molar-refractivity contribution >= 4 is 17.4 Å². The maximum Gasteiger partial charge on any atom is 0.147 e. The fraction of sp³-hybridized carbons (Fsp3) is 0.364. The van der Waals surface area contributed by atoms with Crippen LogP contribution in [0.1, 0.15) is 11.5 Å². The predicted octanol–water partition coefficient (Wildman–Crippen LogP) is 1.43. The van der Waals surface area contributed by atoms with Gasteiger partial charge in [-0.3, -0.25) is 4.98 Å². The van der Waals surface area contributed by atoms with E-state index in [0.29, 0.717) is 5.88 Å². The summed E-state index contributed by atoms with van der Waals surface area (Å²) >= 11 is 5.69. The van der Waals surface area contributed by atoms with Gasteiger partial charge in [-0.05, 0) is 0 Å². The molecule has 2 aromatic heterocycles. The van der Waals surface area contributed by atoms with Crippen molar-refractivity contribution in [3.63, 3.8) is 0 Å². The van der Waals surface area contributed by atoms with Gasteiger partial charge in [-0.2, -0.15) is 0 Å². The first-order valence-corrected chi connectivity index (χ1v) is 6.02. The second-order valence-electron chi connectivity index (χ2n) is 3.96. The maximum absolute atomic E-state index is 5.69. The molecule has 6 heteroatoms. The van der Waals surface area contributed by atoms with Gasteiger partial charge in [0.2, 0.25) is 0 Å². The second kappa shape index (κ2) is 4.33. The zero-order chi connectivity index (χ0) is 11.7. The molecular weight excluding hydrogens is 238 g/mol. The molecule has 2 aromatic rings. The van der Waals surface area contributed by atoms with Gasteiger partial charge in [-0.25, -0.2) is 9.97 Å². The normalized spacial score (nSPS) is 14.8. The van der Waals surface area contributed by atoms with Crippen LogP contribution in [0.3, 0.4) is 0 Å². The highest BCUT2D eigenvalue weighted by molar-refractivity contribution is 6.16. The van der Waals surface area contributed by atoms with Crippen LogP contribution in [0.2, 0.25) is 0 Å². The smallest absolute Gasteiger partial charge is 0.147 e. The molecule has 3 rings (SSSR count). The van der Waals surface area contributed by atoms with Crippen LogP contribution in [0.4, 0.5) is 5.82 Å². The van der Waals surface area contributed by atoms with E-state index < -0.39 is 0 Å². The number of hydrogen-bond donors (Lipinski definition) is 0. The number of alkyl halides is 1. The fourth-order valence-electron chi connectivity index (χ4n) is 1.95. The number of aromatic nitrogens is 4. The lowest BCUT2D eigenvalue weighted by Crippen LogP contribution is -2.34.